The van der Waals surface area contributed by atoms with E-state index in [4.69, 9.17) is 9.47 Å². The Bertz CT molecular complexity index is 820. The summed E-state index contributed by atoms with van der Waals surface area (Å²) >= 11 is 0. The molecule has 5 rings (SSSR count). The summed E-state index contributed by atoms with van der Waals surface area (Å²) in [5, 5.41) is 0. The fourth-order valence-corrected chi connectivity index (χ4v) is 9.78. The molecule has 2 spiro atoms. The molecule has 4 saturated carbocycles. The fraction of sp³-hybridized carbons (Fsp3) is 0.931. The Morgan fingerprint density at radius 2 is 1.85 bits per heavy atom. The lowest BCUT2D eigenvalue weighted by Gasteiger charge is -2.57. The minimum Gasteiger partial charge on any atom is -0.463 e. The van der Waals surface area contributed by atoms with Crippen LogP contribution in [0.3, 0.4) is 0 Å². The monoisotopic (exact) mass is 458 g/mol. The lowest BCUT2D eigenvalue weighted by Crippen LogP contribution is -2.62. The molecular weight excluding hydrogens is 412 g/mol. The highest BCUT2D eigenvalue weighted by Crippen LogP contribution is 2.80. The number of hydrogen-bond acceptors (Lipinski definition) is 4. The summed E-state index contributed by atoms with van der Waals surface area (Å²) in [4.78, 5) is 25.4. The minimum atomic E-state index is -0.522. The van der Waals surface area contributed by atoms with Gasteiger partial charge < -0.3 is 9.47 Å². The Kier molecular flexibility index (Phi) is 5.63. The maximum atomic E-state index is 13.9. The number of hydrogen-bond donors (Lipinski definition) is 0. The molecule has 0 unspecified atom stereocenters. The molecule has 1 aliphatic heterocycles. The zero-order chi connectivity index (χ0) is 23.8. The quantitative estimate of drug-likeness (QED) is 0.337. The Balaban J connectivity index is 1.37. The van der Waals surface area contributed by atoms with Crippen LogP contribution in [0.2, 0.25) is 0 Å². The van der Waals surface area contributed by atoms with Gasteiger partial charge in [-0.15, -0.1) is 0 Å². The summed E-state index contributed by atoms with van der Waals surface area (Å²) in [5.41, 5.74) is -0.478. The van der Waals surface area contributed by atoms with Gasteiger partial charge in [0.15, 0.2) is 11.4 Å². The number of carbonyl (C=O) groups is 2. The van der Waals surface area contributed by atoms with E-state index in [0.29, 0.717) is 35.9 Å². The van der Waals surface area contributed by atoms with Crippen molar-refractivity contribution in [2.75, 3.05) is 0 Å². The molecule has 0 aromatic carbocycles. The topological polar surface area (TPSA) is 55.9 Å². The van der Waals surface area contributed by atoms with Crippen LogP contribution in [0.25, 0.3) is 0 Å². The first-order chi connectivity index (χ1) is 15.5. The van der Waals surface area contributed by atoms with Crippen molar-refractivity contribution in [2.24, 2.45) is 40.4 Å². The Hall–Kier alpha value is -0.900. The van der Waals surface area contributed by atoms with Gasteiger partial charge in [-0.05, 0) is 74.0 Å². The Morgan fingerprint density at radius 1 is 1.09 bits per heavy atom. The van der Waals surface area contributed by atoms with E-state index in [2.05, 4.69) is 34.6 Å². The standard InChI is InChI=1S/C29H46O4/c1-18(2)8-7-9-19(3)23-11-15-28-27(23,6)14-12-24-26(5)13-10-22(32-20(4)30)16-21(26)17-25(31)29(24,28)33-28/h18-19,21-24H,7-17H2,1-6H3/t19-,21-,22-,23-,24+,26+,27+,28+,29+/m1/s1. The molecule has 9 atom stereocenters. The van der Waals surface area contributed by atoms with Gasteiger partial charge in [-0.3, -0.25) is 9.59 Å². The third-order valence-electron chi connectivity index (χ3n) is 11.5. The molecular formula is C29H46O4. The van der Waals surface area contributed by atoms with Gasteiger partial charge in [-0.1, -0.05) is 53.9 Å². The average Bonchev–Trinajstić information content (AvgIpc) is 3.32. The minimum absolute atomic E-state index is 0.0205. The van der Waals surface area contributed by atoms with Crippen LogP contribution in [0.1, 0.15) is 112 Å². The summed E-state index contributed by atoms with van der Waals surface area (Å²) in [6.45, 7) is 13.5. The first kappa shape index (κ1) is 23.8. The SMILES string of the molecule is CC(=O)O[C@@H]1CC[C@@]2(C)[C@@H](CC(=O)[C@]34O[C@]35CC[C@H]([C@H](C)CCCC(C)C)[C@]5(C)CC[C@@H]24)C1. The predicted molar refractivity (Wildman–Crippen MR) is 129 cm³/mol. The Morgan fingerprint density at radius 3 is 2.55 bits per heavy atom. The largest absolute Gasteiger partial charge is 0.463 e. The van der Waals surface area contributed by atoms with Gasteiger partial charge in [-0.25, -0.2) is 0 Å². The molecule has 5 aliphatic rings. The van der Waals surface area contributed by atoms with Crippen LogP contribution < -0.4 is 0 Å². The van der Waals surface area contributed by atoms with Crippen LogP contribution in [0, 0.1) is 40.4 Å². The van der Waals surface area contributed by atoms with Gasteiger partial charge in [0.1, 0.15) is 11.7 Å². The number of ketones is 1. The van der Waals surface area contributed by atoms with Gasteiger partial charge in [0.2, 0.25) is 0 Å². The first-order valence-corrected chi connectivity index (χ1v) is 13.9. The molecule has 1 heterocycles. The summed E-state index contributed by atoms with van der Waals surface area (Å²) in [5.74, 6) is 2.97. The van der Waals surface area contributed by atoms with Crippen molar-refractivity contribution in [3.05, 3.63) is 0 Å². The van der Waals surface area contributed by atoms with E-state index in [0.717, 1.165) is 38.0 Å². The van der Waals surface area contributed by atoms with E-state index in [1.54, 1.807) is 0 Å². The van der Waals surface area contributed by atoms with E-state index in [1.165, 1.54) is 39.0 Å². The summed E-state index contributed by atoms with van der Waals surface area (Å²) in [6.07, 6.45) is 11.9. The van der Waals surface area contributed by atoms with Crippen molar-refractivity contribution in [2.45, 2.75) is 129 Å². The van der Waals surface area contributed by atoms with Crippen molar-refractivity contribution in [1.29, 1.82) is 0 Å². The lowest BCUT2D eigenvalue weighted by molar-refractivity contribution is -0.160. The molecule has 4 nitrogen and oxygen atoms in total. The first-order valence-electron chi connectivity index (χ1n) is 13.9. The number of epoxide rings is 1. The average molecular weight is 459 g/mol. The molecule has 4 heteroatoms. The van der Waals surface area contributed by atoms with Crippen molar-refractivity contribution < 1.29 is 19.1 Å². The second-order valence-electron chi connectivity index (χ2n) is 13.5. The molecule has 4 aliphatic carbocycles. The number of ether oxygens (including phenoxy) is 2. The van der Waals surface area contributed by atoms with Crippen LogP contribution in [0.4, 0.5) is 0 Å². The summed E-state index contributed by atoms with van der Waals surface area (Å²) in [6, 6.07) is 0. The van der Waals surface area contributed by atoms with Crippen molar-refractivity contribution >= 4 is 11.8 Å². The van der Waals surface area contributed by atoms with Gasteiger partial charge in [0, 0.05) is 24.7 Å². The van der Waals surface area contributed by atoms with Crippen LogP contribution in [0.15, 0.2) is 0 Å². The van der Waals surface area contributed by atoms with E-state index >= 15 is 0 Å². The van der Waals surface area contributed by atoms with Crippen LogP contribution in [0.5, 0.6) is 0 Å². The predicted octanol–water partition coefficient (Wildman–Crippen LogP) is 6.49. The number of Topliss-reactive ketones (excluding diaryl/α,β-unsaturated/α-hetero) is 1. The molecule has 1 saturated heterocycles. The highest BCUT2D eigenvalue weighted by Gasteiger charge is 2.89. The van der Waals surface area contributed by atoms with E-state index in [1.807, 2.05) is 0 Å². The smallest absolute Gasteiger partial charge is 0.302 e. The maximum Gasteiger partial charge on any atom is 0.302 e. The number of rotatable bonds is 6. The van der Waals surface area contributed by atoms with Gasteiger partial charge >= 0.3 is 5.97 Å². The zero-order valence-corrected chi connectivity index (χ0v) is 21.9. The number of carbonyl (C=O) groups excluding carboxylic acids is 2. The number of esters is 1. The maximum absolute atomic E-state index is 13.9. The van der Waals surface area contributed by atoms with Crippen LogP contribution >= 0.6 is 0 Å². The lowest BCUT2D eigenvalue weighted by atomic mass is 9.44. The zero-order valence-electron chi connectivity index (χ0n) is 21.9. The van der Waals surface area contributed by atoms with Gasteiger partial charge in [0.05, 0.1) is 0 Å². The van der Waals surface area contributed by atoms with Crippen molar-refractivity contribution in [3.8, 4) is 0 Å². The summed E-state index contributed by atoms with van der Waals surface area (Å²) in [7, 11) is 0. The van der Waals surface area contributed by atoms with Gasteiger partial charge in [0.25, 0.3) is 0 Å². The molecule has 0 bridgehead atoms. The third-order valence-corrected chi connectivity index (χ3v) is 11.5. The second kappa shape index (κ2) is 7.80. The molecule has 33 heavy (non-hydrogen) atoms. The second-order valence-corrected chi connectivity index (χ2v) is 13.5. The fourth-order valence-electron chi connectivity index (χ4n) is 9.78. The molecule has 0 radical (unpaired) electrons. The number of fused-ring (bicyclic) bond motifs is 2. The molecule has 0 aromatic rings. The normalized spacial score (nSPS) is 49.0. The van der Waals surface area contributed by atoms with Gasteiger partial charge in [-0.2, -0.15) is 0 Å². The highest BCUT2D eigenvalue weighted by molar-refractivity contribution is 5.94. The summed E-state index contributed by atoms with van der Waals surface area (Å²) < 4.78 is 12.5. The highest BCUT2D eigenvalue weighted by atomic mass is 16.6. The van der Waals surface area contributed by atoms with Crippen LogP contribution in [-0.2, 0) is 19.1 Å². The molecule has 0 aromatic heterocycles. The van der Waals surface area contributed by atoms with E-state index in [9.17, 15) is 9.59 Å². The molecule has 186 valence electrons. The van der Waals surface area contributed by atoms with Crippen molar-refractivity contribution in [3.63, 3.8) is 0 Å². The molecule has 0 amide bonds. The Labute approximate surface area is 200 Å². The van der Waals surface area contributed by atoms with E-state index < -0.39 is 5.60 Å². The van der Waals surface area contributed by atoms with E-state index in [-0.39, 0.29) is 28.5 Å². The van der Waals surface area contributed by atoms with Crippen LogP contribution in [-0.4, -0.2) is 29.1 Å². The van der Waals surface area contributed by atoms with Crippen molar-refractivity contribution in [1.82, 2.24) is 0 Å². The molecule has 5 fully saturated rings. The molecule has 0 N–H and O–H groups in total. The third kappa shape index (κ3) is 3.17.